The van der Waals surface area contributed by atoms with Crippen LogP contribution in [-0.4, -0.2) is 78.5 Å². The molecule has 1 unspecified atom stereocenters. The van der Waals surface area contributed by atoms with Crippen molar-refractivity contribution in [3.05, 3.63) is 77.1 Å². The molecule has 1 aromatic carbocycles. The Hall–Kier alpha value is -2.73. The number of piperazine rings is 1. The number of benzene rings is 1. The van der Waals surface area contributed by atoms with Crippen molar-refractivity contribution in [3.63, 3.8) is 0 Å². The van der Waals surface area contributed by atoms with Gasteiger partial charge in [-0.3, -0.25) is 9.80 Å². The summed E-state index contributed by atoms with van der Waals surface area (Å²) in [5, 5.41) is 16.7. The van der Waals surface area contributed by atoms with Gasteiger partial charge < -0.3 is 9.67 Å². The van der Waals surface area contributed by atoms with Gasteiger partial charge in [-0.15, -0.1) is 0 Å². The highest BCUT2D eigenvalue weighted by atomic mass is 79.9. The van der Waals surface area contributed by atoms with Crippen LogP contribution in [0, 0.1) is 11.6 Å². The standard InChI is InChI=1S/C24H26BrF2N7O/c25-19-11-18-3-4-33(23(18)29-13-19)10-9-31-5-7-32(8-6-31)14-24(35,15-34-17-28-16-30-34)21-2-1-20(26)12-22(21)27/h1-4,11-13,16-17,35H,5-10,14-15H2. The van der Waals surface area contributed by atoms with E-state index in [9.17, 15) is 13.9 Å². The second-order valence-corrected chi connectivity index (χ2v) is 9.86. The van der Waals surface area contributed by atoms with E-state index in [1.165, 1.54) is 29.5 Å². The van der Waals surface area contributed by atoms with Gasteiger partial charge in [0, 0.05) is 79.7 Å². The fourth-order valence-corrected chi connectivity index (χ4v) is 5.04. The first kappa shape index (κ1) is 24.0. The molecule has 4 aromatic rings. The number of nitrogens with zero attached hydrogens (tertiary/aromatic N) is 7. The molecule has 1 fully saturated rings. The Bertz CT molecular complexity index is 1290. The van der Waals surface area contributed by atoms with Gasteiger partial charge >= 0.3 is 0 Å². The fourth-order valence-electron chi connectivity index (χ4n) is 4.69. The van der Waals surface area contributed by atoms with Gasteiger partial charge in [0.05, 0.1) is 6.54 Å². The van der Waals surface area contributed by atoms with Crippen molar-refractivity contribution in [2.75, 3.05) is 39.3 Å². The van der Waals surface area contributed by atoms with E-state index in [1.54, 1.807) is 0 Å². The summed E-state index contributed by atoms with van der Waals surface area (Å²) >= 11 is 3.46. The summed E-state index contributed by atoms with van der Waals surface area (Å²) in [4.78, 5) is 12.9. The Morgan fingerprint density at radius 1 is 1.00 bits per heavy atom. The van der Waals surface area contributed by atoms with E-state index in [0.717, 1.165) is 60.8 Å². The Morgan fingerprint density at radius 2 is 1.80 bits per heavy atom. The predicted octanol–water partition coefficient (Wildman–Crippen LogP) is 2.87. The normalized spacial score (nSPS) is 17.1. The van der Waals surface area contributed by atoms with Crippen molar-refractivity contribution < 1.29 is 13.9 Å². The molecule has 1 N–H and O–H groups in total. The number of β-amino-alcohol motifs (C(OH)–C–C–N with tert-alkyl or cyclic N) is 1. The van der Waals surface area contributed by atoms with Crippen molar-refractivity contribution >= 4 is 27.0 Å². The third-order valence-electron chi connectivity index (χ3n) is 6.50. The Morgan fingerprint density at radius 3 is 2.54 bits per heavy atom. The van der Waals surface area contributed by atoms with Gasteiger partial charge in [0.1, 0.15) is 35.5 Å². The first-order valence-electron chi connectivity index (χ1n) is 11.4. The number of hydrogen-bond acceptors (Lipinski definition) is 6. The van der Waals surface area contributed by atoms with Crippen LogP contribution in [-0.2, 0) is 18.7 Å². The maximum absolute atomic E-state index is 14.7. The van der Waals surface area contributed by atoms with Gasteiger partial charge in [-0.1, -0.05) is 6.07 Å². The summed E-state index contributed by atoms with van der Waals surface area (Å²) in [6, 6.07) is 7.41. The van der Waals surface area contributed by atoms with E-state index in [1.807, 2.05) is 6.20 Å². The van der Waals surface area contributed by atoms with Gasteiger partial charge in [0.25, 0.3) is 0 Å². The van der Waals surface area contributed by atoms with Gasteiger partial charge in [-0.05, 0) is 34.1 Å². The Balaban J connectivity index is 1.22. The van der Waals surface area contributed by atoms with Crippen LogP contribution in [0.25, 0.3) is 11.0 Å². The molecule has 184 valence electrons. The number of aromatic nitrogens is 5. The summed E-state index contributed by atoms with van der Waals surface area (Å²) in [6.45, 7) is 5.01. The molecule has 0 spiro atoms. The van der Waals surface area contributed by atoms with E-state index in [0.29, 0.717) is 0 Å². The largest absolute Gasteiger partial charge is 0.382 e. The van der Waals surface area contributed by atoms with E-state index in [2.05, 4.69) is 63.7 Å². The van der Waals surface area contributed by atoms with E-state index in [4.69, 9.17) is 0 Å². The number of hydrogen-bond donors (Lipinski definition) is 1. The predicted molar refractivity (Wildman–Crippen MR) is 131 cm³/mol. The molecule has 1 saturated heterocycles. The summed E-state index contributed by atoms with van der Waals surface area (Å²) < 4.78 is 32.8. The van der Waals surface area contributed by atoms with Crippen molar-refractivity contribution in [1.82, 2.24) is 34.1 Å². The molecule has 1 aliphatic rings. The average molecular weight is 546 g/mol. The first-order valence-corrected chi connectivity index (χ1v) is 12.2. The molecule has 4 heterocycles. The van der Waals surface area contributed by atoms with E-state index < -0.39 is 17.2 Å². The molecule has 3 aromatic heterocycles. The molecule has 11 heteroatoms. The highest BCUT2D eigenvalue weighted by Crippen LogP contribution is 2.28. The molecule has 35 heavy (non-hydrogen) atoms. The maximum atomic E-state index is 14.7. The molecule has 8 nitrogen and oxygen atoms in total. The lowest BCUT2D eigenvalue weighted by molar-refractivity contribution is -0.0319. The maximum Gasteiger partial charge on any atom is 0.139 e. The smallest absolute Gasteiger partial charge is 0.139 e. The van der Waals surface area contributed by atoms with Gasteiger partial charge in [0.2, 0.25) is 0 Å². The minimum absolute atomic E-state index is 0.0135. The second kappa shape index (κ2) is 10.1. The number of rotatable bonds is 8. The lowest BCUT2D eigenvalue weighted by Crippen LogP contribution is -2.52. The summed E-state index contributed by atoms with van der Waals surface area (Å²) in [7, 11) is 0. The molecule has 1 aliphatic heterocycles. The molecular weight excluding hydrogens is 520 g/mol. The minimum Gasteiger partial charge on any atom is -0.382 e. The zero-order valence-electron chi connectivity index (χ0n) is 19.1. The van der Waals surface area contributed by atoms with Crippen molar-refractivity contribution in [3.8, 4) is 0 Å². The van der Waals surface area contributed by atoms with Crippen molar-refractivity contribution in [1.29, 1.82) is 0 Å². The topological polar surface area (TPSA) is 75.2 Å². The SMILES string of the molecule is OC(CN1CCN(CCn2ccc3cc(Br)cnc32)CC1)(Cn1cncn1)c1ccc(F)cc1F. The lowest BCUT2D eigenvalue weighted by Gasteiger charge is -2.39. The molecule has 0 radical (unpaired) electrons. The lowest BCUT2D eigenvalue weighted by atomic mass is 9.92. The molecular formula is C24H26BrF2N7O. The molecule has 5 rings (SSSR count). The first-order chi connectivity index (χ1) is 16.9. The van der Waals surface area contributed by atoms with E-state index in [-0.39, 0.29) is 18.7 Å². The zero-order chi connectivity index (χ0) is 24.4. The summed E-state index contributed by atoms with van der Waals surface area (Å²) in [6.07, 6.45) is 6.70. The highest BCUT2D eigenvalue weighted by molar-refractivity contribution is 9.10. The van der Waals surface area contributed by atoms with Crippen LogP contribution in [0.1, 0.15) is 5.56 Å². The second-order valence-electron chi connectivity index (χ2n) is 8.94. The third kappa shape index (κ3) is 5.43. The molecule has 0 aliphatic carbocycles. The monoisotopic (exact) mass is 545 g/mol. The van der Waals surface area contributed by atoms with Crippen LogP contribution in [0.3, 0.4) is 0 Å². The quantitative estimate of drug-likeness (QED) is 0.367. The number of fused-ring (bicyclic) bond motifs is 1. The van der Waals surface area contributed by atoms with Crippen molar-refractivity contribution in [2.45, 2.75) is 18.7 Å². The Labute approximate surface area is 209 Å². The van der Waals surface area contributed by atoms with Crippen LogP contribution in [0.2, 0.25) is 0 Å². The number of pyridine rings is 1. The number of halogens is 3. The Kier molecular flexibility index (Phi) is 6.92. The molecule has 1 atom stereocenters. The molecule has 0 saturated carbocycles. The summed E-state index contributed by atoms with van der Waals surface area (Å²) in [5.74, 6) is -1.45. The zero-order valence-corrected chi connectivity index (χ0v) is 20.7. The average Bonchev–Trinajstić information content (AvgIpc) is 3.47. The van der Waals surface area contributed by atoms with Crippen LogP contribution in [0.15, 0.2) is 59.9 Å². The van der Waals surface area contributed by atoms with Crippen LogP contribution >= 0.6 is 15.9 Å². The van der Waals surface area contributed by atoms with Crippen LogP contribution < -0.4 is 0 Å². The fraction of sp³-hybridized carbons (Fsp3) is 0.375. The number of aliphatic hydroxyl groups is 1. The van der Waals surface area contributed by atoms with Gasteiger partial charge in [0.15, 0.2) is 0 Å². The third-order valence-corrected chi connectivity index (χ3v) is 6.93. The highest BCUT2D eigenvalue weighted by Gasteiger charge is 2.36. The van der Waals surface area contributed by atoms with Crippen LogP contribution in [0.4, 0.5) is 8.78 Å². The minimum atomic E-state index is -1.59. The summed E-state index contributed by atoms with van der Waals surface area (Å²) in [5.41, 5.74) is -0.570. The molecule has 0 amide bonds. The van der Waals surface area contributed by atoms with Gasteiger partial charge in [-0.2, -0.15) is 5.10 Å². The van der Waals surface area contributed by atoms with E-state index >= 15 is 0 Å². The van der Waals surface area contributed by atoms with Crippen LogP contribution in [0.5, 0.6) is 0 Å². The van der Waals surface area contributed by atoms with Gasteiger partial charge in [-0.25, -0.2) is 23.4 Å². The molecule has 0 bridgehead atoms. The van der Waals surface area contributed by atoms with Crippen molar-refractivity contribution in [2.24, 2.45) is 0 Å².